The molecule has 1 aromatic carbocycles. The molecule has 2 N–H and O–H groups in total. The first-order valence-electron chi connectivity index (χ1n) is 16.8. The Morgan fingerprint density at radius 3 is 2.69 bits per heavy atom. The third kappa shape index (κ3) is 4.07. The fourth-order valence-corrected chi connectivity index (χ4v) is 7.98. The number of pyridine rings is 1. The molecule has 1 amide bonds. The van der Waals surface area contributed by atoms with Crippen molar-refractivity contribution in [2.24, 2.45) is 23.5 Å². The molecule has 4 heterocycles. The average Bonchev–Trinajstić information content (AvgIpc) is 3.34. The van der Waals surface area contributed by atoms with E-state index in [0.717, 1.165) is 47.5 Å². The molecule has 4 aliphatic rings. The van der Waals surface area contributed by atoms with Crippen molar-refractivity contribution in [3.63, 3.8) is 0 Å². The predicted octanol–water partition coefficient (Wildman–Crippen LogP) is 4.85. The third-order valence-corrected chi connectivity index (χ3v) is 10.3. The first kappa shape index (κ1) is 23.1. The van der Waals surface area contributed by atoms with Gasteiger partial charge in [-0.15, -0.1) is 0 Å². The van der Waals surface area contributed by atoms with Gasteiger partial charge in [0.15, 0.2) is 5.82 Å². The minimum Gasteiger partial charge on any atom is -0.494 e. The van der Waals surface area contributed by atoms with Crippen molar-refractivity contribution < 1.29 is 18.4 Å². The Labute approximate surface area is 250 Å². The summed E-state index contributed by atoms with van der Waals surface area (Å²) in [5.41, 5.74) is 9.73. The number of methoxy groups -OCH3 is 2. The standard InChI is InChI=1S/C33H40N6O3/c1-33(42-3)14-20(15-33)17-39-29-24(11-23(13-27(29)41-2)32(40)38-18-22-8-9-25(38)28(22)34)36-31(39)26-12-21-5-4-10-35-30(21)37(26)16-19-6-7-19/h4-5,10-13,19-20,22,25,28H,6-9,14-18,34H2,1-3H3/t20?,22-,25-,28-,33?/m1/s1/i3D3. The van der Waals surface area contributed by atoms with Gasteiger partial charge < -0.3 is 29.2 Å². The van der Waals surface area contributed by atoms with Crippen molar-refractivity contribution in [2.75, 3.05) is 20.7 Å². The van der Waals surface area contributed by atoms with Gasteiger partial charge in [-0.25, -0.2) is 9.97 Å². The Balaban J connectivity index is 1.23. The van der Waals surface area contributed by atoms with Gasteiger partial charge in [-0.2, -0.15) is 0 Å². The molecule has 220 valence electrons. The zero-order chi connectivity index (χ0) is 31.2. The predicted molar refractivity (Wildman–Crippen MR) is 161 cm³/mol. The molecule has 0 unspecified atom stereocenters. The van der Waals surface area contributed by atoms with Gasteiger partial charge in [0.2, 0.25) is 0 Å². The summed E-state index contributed by atoms with van der Waals surface area (Å²) in [6.45, 7) is 4.04. The van der Waals surface area contributed by atoms with E-state index in [9.17, 15) is 4.79 Å². The number of carbonyl (C=O) groups excluding carboxylic acids is 1. The van der Waals surface area contributed by atoms with Crippen LogP contribution in [0.1, 0.15) is 59.9 Å². The average molecular weight is 572 g/mol. The smallest absolute Gasteiger partial charge is 0.254 e. The van der Waals surface area contributed by atoms with Gasteiger partial charge in [-0.05, 0) is 93.5 Å². The second-order valence-electron chi connectivity index (χ2n) is 13.4. The molecule has 3 aromatic heterocycles. The number of amides is 1. The lowest BCUT2D eigenvalue weighted by Gasteiger charge is -2.44. The van der Waals surface area contributed by atoms with E-state index >= 15 is 0 Å². The largest absolute Gasteiger partial charge is 0.494 e. The molecule has 3 aliphatic carbocycles. The van der Waals surface area contributed by atoms with Crippen LogP contribution in [0, 0.1) is 17.8 Å². The molecule has 4 fully saturated rings. The minimum absolute atomic E-state index is 0.0300. The van der Waals surface area contributed by atoms with Crippen LogP contribution in [0.15, 0.2) is 36.5 Å². The fraction of sp³-hybridized carbons (Fsp3) is 0.545. The van der Waals surface area contributed by atoms with Crippen molar-refractivity contribution in [1.29, 1.82) is 0 Å². The van der Waals surface area contributed by atoms with Crippen LogP contribution >= 0.6 is 0 Å². The van der Waals surface area contributed by atoms with Gasteiger partial charge in [0.25, 0.3) is 5.91 Å². The van der Waals surface area contributed by atoms with Crippen LogP contribution in [0.25, 0.3) is 33.6 Å². The molecule has 3 atom stereocenters. The number of likely N-dealkylation sites (tertiary alicyclic amines) is 1. The third-order valence-electron chi connectivity index (χ3n) is 10.3. The maximum absolute atomic E-state index is 13.9. The second kappa shape index (κ2) is 9.54. The number of piperidine rings is 1. The van der Waals surface area contributed by atoms with E-state index in [1.54, 1.807) is 7.11 Å². The molecule has 3 saturated carbocycles. The Morgan fingerprint density at radius 1 is 1.14 bits per heavy atom. The van der Waals surface area contributed by atoms with Crippen molar-refractivity contribution >= 4 is 28.0 Å². The highest BCUT2D eigenvalue weighted by Gasteiger charge is 2.47. The summed E-state index contributed by atoms with van der Waals surface area (Å²) in [4.78, 5) is 25.8. The molecule has 8 rings (SSSR count). The fourth-order valence-electron chi connectivity index (χ4n) is 7.98. The van der Waals surface area contributed by atoms with Crippen LogP contribution in [0.5, 0.6) is 5.75 Å². The van der Waals surface area contributed by atoms with E-state index in [2.05, 4.69) is 21.3 Å². The summed E-state index contributed by atoms with van der Waals surface area (Å²) in [6.07, 6.45) is 7.49. The van der Waals surface area contributed by atoms with Crippen LogP contribution in [0.4, 0.5) is 0 Å². The summed E-state index contributed by atoms with van der Waals surface area (Å²) in [5, 5.41) is 1.05. The molecule has 9 heteroatoms. The lowest BCUT2D eigenvalue weighted by Crippen LogP contribution is -2.44. The number of aromatic nitrogens is 4. The van der Waals surface area contributed by atoms with Gasteiger partial charge in [-0.1, -0.05) is 0 Å². The van der Waals surface area contributed by atoms with E-state index in [4.69, 9.17) is 29.3 Å². The van der Waals surface area contributed by atoms with Crippen LogP contribution in [0.3, 0.4) is 0 Å². The minimum atomic E-state index is -2.44. The van der Waals surface area contributed by atoms with Gasteiger partial charge in [-0.3, -0.25) is 4.79 Å². The number of hydrogen-bond acceptors (Lipinski definition) is 6. The molecule has 42 heavy (non-hydrogen) atoms. The normalized spacial score (nSPS) is 30.0. The molecule has 4 aromatic rings. The zero-order valence-corrected chi connectivity index (χ0v) is 24.3. The number of hydrogen-bond donors (Lipinski definition) is 1. The quantitative estimate of drug-likeness (QED) is 0.325. The molecule has 1 saturated heterocycles. The van der Waals surface area contributed by atoms with Crippen molar-refractivity contribution in [3.05, 3.63) is 42.1 Å². The maximum atomic E-state index is 13.9. The van der Waals surface area contributed by atoms with E-state index < -0.39 is 12.6 Å². The maximum Gasteiger partial charge on any atom is 0.254 e. The molecule has 1 aliphatic heterocycles. The Kier molecular flexibility index (Phi) is 5.24. The lowest BCUT2D eigenvalue weighted by atomic mass is 9.72. The molecular weight excluding hydrogens is 528 g/mol. The van der Waals surface area contributed by atoms with Gasteiger partial charge in [0.05, 0.1) is 28.0 Å². The summed E-state index contributed by atoms with van der Waals surface area (Å²) in [7, 11) is -0.805. The van der Waals surface area contributed by atoms with Gasteiger partial charge in [0.1, 0.15) is 16.9 Å². The van der Waals surface area contributed by atoms with Crippen molar-refractivity contribution in [2.45, 2.75) is 76.2 Å². The van der Waals surface area contributed by atoms with Crippen molar-refractivity contribution in [3.8, 4) is 17.3 Å². The molecule has 0 radical (unpaired) electrons. The number of benzene rings is 1. The number of nitrogens with two attached hydrogens (primary N) is 1. The summed E-state index contributed by atoms with van der Waals surface area (Å²) >= 11 is 0. The highest BCUT2D eigenvalue weighted by molar-refractivity contribution is 6.00. The highest BCUT2D eigenvalue weighted by atomic mass is 16.5. The van der Waals surface area contributed by atoms with Gasteiger partial charge >= 0.3 is 0 Å². The van der Waals surface area contributed by atoms with Crippen LogP contribution < -0.4 is 10.5 Å². The Bertz CT molecular complexity index is 1800. The first-order valence-corrected chi connectivity index (χ1v) is 15.3. The monoisotopic (exact) mass is 571 g/mol. The molecular formula is C33H40N6O3. The summed E-state index contributed by atoms with van der Waals surface area (Å²) in [5.74, 6) is 2.51. The molecule has 2 bridgehead atoms. The van der Waals surface area contributed by atoms with E-state index in [1.165, 1.54) is 12.8 Å². The Morgan fingerprint density at radius 2 is 1.98 bits per heavy atom. The zero-order valence-electron chi connectivity index (χ0n) is 27.3. The number of rotatable bonds is 8. The highest BCUT2D eigenvalue weighted by Crippen LogP contribution is 2.44. The van der Waals surface area contributed by atoms with Gasteiger partial charge in [0, 0.05) is 55.9 Å². The number of ether oxygens (including phenoxy) is 2. The van der Waals surface area contributed by atoms with Crippen LogP contribution in [-0.4, -0.2) is 68.3 Å². The summed E-state index contributed by atoms with van der Waals surface area (Å²) < 4.78 is 38.8. The number of imidazole rings is 1. The SMILES string of the molecule is [2H]C([2H])([2H])OC1(C)CC(Cn2c(-c3cc4cccnc4n3CC3CC3)nc3cc(C(=O)N4C[C@H]5CC[C@@H]4[C@@H]5N)cc(OC)c32)C1. The topological polar surface area (TPSA) is 100 Å². The van der Waals surface area contributed by atoms with E-state index in [-0.39, 0.29) is 23.9 Å². The lowest BCUT2D eigenvalue weighted by molar-refractivity contribution is -0.0937. The molecule has 0 spiro atoms. The number of fused-ring (bicyclic) bond motifs is 4. The Hall–Kier alpha value is -3.43. The second-order valence-corrected chi connectivity index (χ2v) is 13.4. The number of carbonyl (C=O) groups is 1. The first-order chi connectivity index (χ1) is 21.5. The number of nitrogens with zero attached hydrogens (tertiary/aromatic N) is 5. The molecule has 9 nitrogen and oxygen atoms in total. The van der Waals surface area contributed by atoms with E-state index in [0.29, 0.717) is 54.6 Å². The van der Waals surface area contributed by atoms with E-state index in [1.807, 2.05) is 36.2 Å². The summed E-state index contributed by atoms with van der Waals surface area (Å²) in [6, 6.07) is 10.0. The van der Waals surface area contributed by atoms with Crippen LogP contribution in [0.2, 0.25) is 0 Å². The van der Waals surface area contributed by atoms with Crippen LogP contribution in [-0.2, 0) is 17.8 Å². The van der Waals surface area contributed by atoms with Crippen molar-refractivity contribution in [1.82, 2.24) is 24.0 Å².